The Morgan fingerprint density at radius 1 is 1.16 bits per heavy atom. The van der Waals surface area contributed by atoms with Gasteiger partial charge in [0.2, 0.25) is 17.2 Å². The molecule has 0 saturated carbocycles. The maximum Gasteiger partial charge on any atom is 0.407 e. The number of piperazine rings is 1. The minimum Gasteiger partial charge on any atom is -0.465 e. The van der Waals surface area contributed by atoms with Crippen LogP contribution < -0.4 is 9.80 Å². The van der Waals surface area contributed by atoms with Gasteiger partial charge in [-0.25, -0.2) is 4.79 Å². The molecule has 2 heterocycles. The third-order valence-electron chi connectivity index (χ3n) is 5.71. The Morgan fingerprint density at radius 2 is 1.84 bits per heavy atom. The molecular formula is C22H30Cl2N6O2. The van der Waals surface area contributed by atoms with Gasteiger partial charge in [0.15, 0.2) is 0 Å². The van der Waals surface area contributed by atoms with Crippen molar-refractivity contribution in [2.75, 3.05) is 43.0 Å². The molecule has 0 aliphatic carbocycles. The number of aromatic nitrogens is 3. The monoisotopic (exact) mass is 480 g/mol. The molecule has 1 aliphatic rings. The van der Waals surface area contributed by atoms with E-state index in [0.29, 0.717) is 31.5 Å². The van der Waals surface area contributed by atoms with Gasteiger partial charge in [-0.05, 0) is 47.6 Å². The lowest BCUT2D eigenvalue weighted by Crippen LogP contribution is -2.59. The second-order valence-electron chi connectivity index (χ2n) is 9.16. The molecule has 2 aromatic rings. The maximum atomic E-state index is 11.7. The predicted molar refractivity (Wildman–Crippen MR) is 128 cm³/mol. The van der Waals surface area contributed by atoms with Crippen molar-refractivity contribution < 1.29 is 9.90 Å². The number of halogens is 2. The number of anilines is 2. The van der Waals surface area contributed by atoms with Crippen LogP contribution in [0, 0.1) is 5.41 Å². The zero-order chi connectivity index (χ0) is 23.5. The van der Waals surface area contributed by atoms with Gasteiger partial charge in [0, 0.05) is 38.2 Å². The van der Waals surface area contributed by atoms with Crippen molar-refractivity contribution in [1.29, 1.82) is 0 Å². The lowest BCUT2D eigenvalue weighted by molar-refractivity contribution is 0.0745. The summed E-state index contributed by atoms with van der Waals surface area (Å²) in [4.78, 5) is 30.4. The number of aryl methyl sites for hydroxylation is 1. The van der Waals surface area contributed by atoms with Gasteiger partial charge in [-0.15, -0.1) is 0 Å². The van der Waals surface area contributed by atoms with Crippen molar-refractivity contribution in [3.8, 4) is 0 Å². The van der Waals surface area contributed by atoms with Crippen molar-refractivity contribution in [2.24, 2.45) is 5.41 Å². The van der Waals surface area contributed by atoms with Crippen LogP contribution in [0.4, 0.5) is 16.7 Å². The Labute approximate surface area is 199 Å². The topological polar surface area (TPSA) is 85.7 Å². The smallest absolute Gasteiger partial charge is 0.407 e. The first-order chi connectivity index (χ1) is 15.0. The average Bonchev–Trinajstić information content (AvgIpc) is 2.73. The molecule has 32 heavy (non-hydrogen) atoms. The normalized spacial score (nSPS) is 16.9. The fourth-order valence-corrected chi connectivity index (χ4v) is 4.13. The lowest BCUT2D eigenvalue weighted by atomic mass is 9.84. The van der Waals surface area contributed by atoms with E-state index in [1.54, 1.807) is 0 Å². The van der Waals surface area contributed by atoms with Crippen LogP contribution in [0.25, 0.3) is 0 Å². The summed E-state index contributed by atoms with van der Waals surface area (Å²) in [6.07, 6.45) is 0.928. The van der Waals surface area contributed by atoms with E-state index in [9.17, 15) is 9.90 Å². The molecule has 1 aromatic heterocycles. The highest BCUT2D eigenvalue weighted by atomic mass is 35.5. The summed E-state index contributed by atoms with van der Waals surface area (Å²) in [5.74, 6) is 0.980. The third kappa shape index (κ3) is 6.13. The number of rotatable bonds is 6. The van der Waals surface area contributed by atoms with E-state index in [4.69, 9.17) is 23.2 Å². The molecule has 1 saturated heterocycles. The number of carboxylic acid groups (broad SMARTS) is 1. The van der Waals surface area contributed by atoms with Crippen LogP contribution in [-0.2, 0) is 6.42 Å². The van der Waals surface area contributed by atoms with Crippen LogP contribution in [0.2, 0.25) is 10.3 Å². The van der Waals surface area contributed by atoms with Crippen molar-refractivity contribution >= 4 is 41.2 Å². The Bertz CT molecular complexity index is 935. The fourth-order valence-electron chi connectivity index (χ4n) is 3.85. The Morgan fingerprint density at radius 3 is 2.47 bits per heavy atom. The number of nitrogens with zero attached hydrogens (tertiary/aromatic N) is 6. The number of amides is 1. The molecule has 1 fully saturated rings. The van der Waals surface area contributed by atoms with Gasteiger partial charge in [0.05, 0.1) is 6.04 Å². The van der Waals surface area contributed by atoms with E-state index < -0.39 is 6.09 Å². The van der Waals surface area contributed by atoms with Gasteiger partial charge in [-0.3, -0.25) is 0 Å². The zero-order valence-corrected chi connectivity index (χ0v) is 20.4. The molecule has 3 rings (SSSR count). The first kappa shape index (κ1) is 24.3. The minimum atomic E-state index is -0.903. The third-order valence-corrected chi connectivity index (χ3v) is 6.13. The molecule has 1 unspecified atom stereocenters. The molecule has 10 heteroatoms. The standard InChI is InChI=1S/C22H30Cl2N6O2/c1-22(2,3)17-14-29(12-13-30(17)21(31)32)20-26-18(24)25-19(27-20)28(4)11-5-6-15-7-9-16(23)10-8-15/h7-10,17H,5-6,11-14H2,1-4H3,(H,31,32). The molecule has 1 aromatic carbocycles. The highest BCUT2D eigenvalue weighted by Crippen LogP contribution is 2.29. The summed E-state index contributed by atoms with van der Waals surface area (Å²) >= 11 is 12.2. The molecule has 0 spiro atoms. The molecule has 1 N–H and O–H groups in total. The molecule has 1 atom stereocenters. The first-order valence-electron chi connectivity index (χ1n) is 10.7. The van der Waals surface area contributed by atoms with E-state index in [2.05, 4.69) is 15.0 Å². The summed E-state index contributed by atoms with van der Waals surface area (Å²) in [6, 6.07) is 7.66. The van der Waals surface area contributed by atoms with Crippen molar-refractivity contribution in [2.45, 2.75) is 39.7 Å². The molecule has 8 nitrogen and oxygen atoms in total. The molecule has 1 aliphatic heterocycles. The maximum absolute atomic E-state index is 11.7. The van der Waals surface area contributed by atoms with Gasteiger partial charge < -0.3 is 19.8 Å². The van der Waals surface area contributed by atoms with Crippen LogP contribution in [-0.4, -0.2) is 70.3 Å². The SMILES string of the molecule is CN(CCCc1ccc(Cl)cc1)c1nc(Cl)nc(N2CCN(C(=O)O)C(C(C)(C)C)C2)n1. The summed E-state index contributed by atoms with van der Waals surface area (Å²) in [5, 5.41) is 10.5. The quantitative estimate of drug-likeness (QED) is 0.652. The highest BCUT2D eigenvalue weighted by molar-refractivity contribution is 6.30. The Kier molecular flexibility index (Phi) is 7.67. The molecule has 0 bridgehead atoms. The second-order valence-corrected chi connectivity index (χ2v) is 9.93. The predicted octanol–water partition coefficient (Wildman–Crippen LogP) is 4.46. The molecular weight excluding hydrogens is 451 g/mol. The lowest BCUT2D eigenvalue weighted by Gasteiger charge is -2.45. The average molecular weight is 481 g/mol. The van der Waals surface area contributed by atoms with E-state index in [1.165, 1.54) is 10.5 Å². The van der Waals surface area contributed by atoms with E-state index in [1.807, 2.05) is 61.9 Å². The van der Waals surface area contributed by atoms with Crippen LogP contribution in [0.1, 0.15) is 32.8 Å². The highest BCUT2D eigenvalue weighted by Gasteiger charge is 2.38. The second kappa shape index (κ2) is 10.1. The Balaban J connectivity index is 1.69. The largest absolute Gasteiger partial charge is 0.465 e. The Hall–Kier alpha value is -2.32. The molecule has 0 radical (unpaired) electrons. The molecule has 174 valence electrons. The van der Waals surface area contributed by atoms with Crippen LogP contribution >= 0.6 is 23.2 Å². The van der Waals surface area contributed by atoms with Gasteiger partial charge in [-0.1, -0.05) is 44.5 Å². The zero-order valence-electron chi connectivity index (χ0n) is 18.9. The molecule has 1 amide bonds. The van der Waals surface area contributed by atoms with E-state index >= 15 is 0 Å². The minimum absolute atomic E-state index is 0.127. The van der Waals surface area contributed by atoms with E-state index in [-0.39, 0.29) is 16.7 Å². The number of hydrogen-bond donors (Lipinski definition) is 1. The van der Waals surface area contributed by atoms with E-state index in [0.717, 1.165) is 24.4 Å². The van der Waals surface area contributed by atoms with Crippen LogP contribution in [0.5, 0.6) is 0 Å². The summed E-state index contributed by atoms with van der Waals surface area (Å²) in [7, 11) is 1.93. The van der Waals surface area contributed by atoms with Crippen LogP contribution in [0.3, 0.4) is 0 Å². The van der Waals surface area contributed by atoms with Crippen molar-refractivity contribution in [3.05, 3.63) is 40.1 Å². The summed E-state index contributed by atoms with van der Waals surface area (Å²) in [6.45, 7) is 8.24. The fraction of sp³-hybridized carbons (Fsp3) is 0.545. The summed E-state index contributed by atoms with van der Waals surface area (Å²) in [5.41, 5.74) is 0.997. The van der Waals surface area contributed by atoms with Crippen molar-refractivity contribution in [1.82, 2.24) is 19.9 Å². The summed E-state index contributed by atoms with van der Waals surface area (Å²) < 4.78 is 0. The number of benzene rings is 1. The van der Waals surface area contributed by atoms with Crippen molar-refractivity contribution in [3.63, 3.8) is 0 Å². The van der Waals surface area contributed by atoms with Crippen LogP contribution in [0.15, 0.2) is 24.3 Å². The van der Waals surface area contributed by atoms with Gasteiger partial charge in [0.1, 0.15) is 0 Å². The first-order valence-corrected chi connectivity index (χ1v) is 11.4. The van der Waals surface area contributed by atoms with Gasteiger partial charge >= 0.3 is 6.09 Å². The van der Waals surface area contributed by atoms with Gasteiger partial charge in [0.25, 0.3) is 0 Å². The number of carbonyl (C=O) groups is 1. The van der Waals surface area contributed by atoms with Gasteiger partial charge in [-0.2, -0.15) is 15.0 Å². The number of hydrogen-bond acceptors (Lipinski definition) is 6.